The molecule has 1 N–H and O–H groups in total. The maximum atomic E-state index is 10.6. The van der Waals surface area contributed by atoms with Gasteiger partial charge in [-0.25, -0.2) is 14.7 Å². The Morgan fingerprint density at radius 1 is 0.865 bits per heavy atom. The highest BCUT2D eigenvalue weighted by Crippen LogP contribution is 2.31. The van der Waals surface area contributed by atoms with Crippen LogP contribution in [-0.2, 0) is 17.8 Å². The van der Waals surface area contributed by atoms with Crippen LogP contribution in [0.3, 0.4) is 0 Å². The van der Waals surface area contributed by atoms with E-state index in [1.54, 1.807) is 0 Å². The second-order valence-corrected chi connectivity index (χ2v) is 10.6. The predicted molar refractivity (Wildman–Crippen MR) is 149 cm³/mol. The lowest BCUT2D eigenvalue weighted by Crippen LogP contribution is -2.34. The van der Waals surface area contributed by atoms with Gasteiger partial charge in [-0.3, -0.25) is 9.11 Å². The van der Waals surface area contributed by atoms with E-state index in [4.69, 9.17) is 9.97 Å². The van der Waals surface area contributed by atoms with Crippen LogP contribution in [0.4, 0.5) is 0 Å². The van der Waals surface area contributed by atoms with Crippen molar-refractivity contribution >= 4 is 22.3 Å². The van der Waals surface area contributed by atoms with E-state index in [-0.39, 0.29) is 0 Å². The van der Waals surface area contributed by atoms with E-state index in [0.717, 1.165) is 72.4 Å². The Balaban J connectivity index is 1.27. The molecule has 0 radical (unpaired) electrons. The minimum absolute atomic E-state index is 0.534. The van der Waals surface area contributed by atoms with Gasteiger partial charge in [-0.05, 0) is 55.8 Å². The van der Waals surface area contributed by atoms with Crippen LogP contribution in [0.5, 0.6) is 0 Å². The number of nitrogens with zero attached hydrogens (tertiary/aromatic N) is 3. The normalized spacial score (nSPS) is 17.2. The highest BCUT2D eigenvalue weighted by Gasteiger charge is 2.20. The maximum absolute atomic E-state index is 10.6. The van der Waals surface area contributed by atoms with Gasteiger partial charge in [-0.2, -0.15) is 0 Å². The van der Waals surface area contributed by atoms with Crippen LogP contribution < -0.4 is 4.72 Å². The van der Waals surface area contributed by atoms with Gasteiger partial charge in [-0.1, -0.05) is 73.2 Å². The lowest BCUT2D eigenvalue weighted by Gasteiger charge is -2.33. The lowest BCUT2D eigenvalue weighted by atomic mass is 9.92. The Morgan fingerprint density at radius 2 is 1.51 bits per heavy atom. The van der Waals surface area contributed by atoms with Crippen molar-refractivity contribution in [1.29, 1.82) is 0 Å². The molecule has 3 aromatic carbocycles. The summed E-state index contributed by atoms with van der Waals surface area (Å²) in [5.41, 5.74) is 7.06. The number of rotatable bonds is 10. The fourth-order valence-corrected chi connectivity index (χ4v) is 5.58. The van der Waals surface area contributed by atoms with E-state index in [2.05, 4.69) is 46.0 Å². The van der Waals surface area contributed by atoms with Crippen molar-refractivity contribution in [2.24, 2.45) is 5.92 Å². The number of hydrogen-bond acceptors (Lipinski definition) is 5. The molecule has 0 amide bonds. The smallest absolute Gasteiger partial charge is 0.0973 e. The molecule has 7 heteroatoms. The van der Waals surface area contributed by atoms with Crippen LogP contribution >= 0.6 is 0 Å². The molecule has 4 aromatic rings. The summed E-state index contributed by atoms with van der Waals surface area (Å²) in [6.07, 6.45) is 5.60. The maximum Gasteiger partial charge on any atom is 0.0973 e. The summed E-state index contributed by atoms with van der Waals surface area (Å²) >= 11 is -2.15. The summed E-state index contributed by atoms with van der Waals surface area (Å²) in [7, 11) is 0. The summed E-state index contributed by atoms with van der Waals surface area (Å²) in [6.45, 7) is 3.72. The zero-order valence-electron chi connectivity index (χ0n) is 21.0. The van der Waals surface area contributed by atoms with E-state index >= 15 is 0 Å². The molecule has 2 unspecified atom stereocenters. The molecule has 1 aliphatic rings. The molecule has 0 saturated carbocycles. The number of unbranched alkanes of at least 4 members (excludes halogenated alkanes) is 1. The third kappa shape index (κ3) is 6.87. The van der Waals surface area contributed by atoms with Gasteiger partial charge in [0.1, 0.15) is 0 Å². The Morgan fingerprint density at radius 3 is 2.19 bits per heavy atom. The number of hydrogen-bond donors (Lipinski definition) is 1. The zero-order chi connectivity index (χ0) is 25.5. The van der Waals surface area contributed by atoms with Gasteiger partial charge in [0.2, 0.25) is 0 Å². The highest BCUT2D eigenvalue weighted by molar-refractivity contribution is 7.77. The van der Waals surface area contributed by atoms with Crippen LogP contribution in [-0.4, -0.2) is 43.3 Å². The van der Waals surface area contributed by atoms with Gasteiger partial charge in [-0.15, -0.1) is 0 Å². The number of nitrogens with one attached hydrogen (secondary N) is 1. The van der Waals surface area contributed by atoms with Gasteiger partial charge >= 0.3 is 0 Å². The largest absolute Gasteiger partial charge is 0.760 e. The van der Waals surface area contributed by atoms with Gasteiger partial charge in [0.05, 0.1) is 22.4 Å². The number of aromatic nitrogens is 2. The standard InChI is InChI=1S/C30H34N4O2S/c35-37(36)31-19-7-6-9-23-10-8-20-34(21-23)22-24-15-17-26(18-16-24)30-29(25-11-2-1-3-12-25)32-27-13-4-5-14-28(27)33-30/h1-5,11-18,23,31H,6-10,19-22H2,(H,35,36)/p-1. The summed E-state index contributed by atoms with van der Waals surface area (Å²) in [4.78, 5) is 12.6. The average molecular weight is 514 g/mol. The Labute approximate surface area is 221 Å². The fraction of sp³-hybridized carbons (Fsp3) is 0.333. The highest BCUT2D eigenvalue weighted by atomic mass is 32.2. The van der Waals surface area contributed by atoms with Crippen molar-refractivity contribution in [2.45, 2.75) is 38.6 Å². The number of likely N-dealkylation sites (tertiary alicyclic amines) is 1. The van der Waals surface area contributed by atoms with Crippen molar-refractivity contribution in [3.05, 3.63) is 84.4 Å². The van der Waals surface area contributed by atoms with Crippen molar-refractivity contribution in [3.8, 4) is 22.5 Å². The van der Waals surface area contributed by atoms with Crippen molar-refractivity contribution in [2.75, 3.05) is 19.6 Å². The molecule has 1 aliphatic heterocycles. The van der Waals surface area contributed by atoms with Crippen LogP contribution in [0.25, 0.3) is 33.5 Å². The molecular weight excluding hydrogens is 480 g/mol. The van der Waals surface area contributed by atoms with E-state index in [1.807, 2.05) is 42.5 Å². The second-order valence-electron chi connectivity index (χ2n) is 9.84. The van der Waals surface area contributed by atoms with Gasteiger partial charge in [0, 0.05) is 42.0 Å². The van der Waals surface area contributed by atoms with Gasteiger partial charge in [0.15, 0.2) is 0 Å². The third-order valence-electron chi connectivity index (χ3n) is 7.11. The first-order chi connectivity index (χ1) is 18.2. The molecule has 6 nitrogen and oxygen atoms in total. The molecule has 1 saturated heterocycles. The van der Waals surface area contributed by atoms with E-state index in [9.17, 15) is 8.76 Å². The monoisotopic (exact) mass is 513 g/mol. The topological polar surface area (TPSA) is 81.2 Å². The van der Waals surface area contributed by atoms with Crippen LogP contribution in [0, 0.1) is 5.92 Å². The summed E-state index contributed by atoms with van der Waals surface area (Å²) in [6, 6.07) is 27.1. The molecule has 2 atom stereocenters. The first-order valence-corrected chi connectivity index (χ1v) is 14.2. The minimum atomic E-state index is -2.15. The minimum Gasteiger partial charge on any atom is -0.760 e. The SMILES string of the molecule is O=S([O-])NCCCCC1CCCN(Cc2ccc(-c3nc4ccccc4nc3-c3ccccc3)cc2)C1. The molecule has 192 valence electrons. The quantitative estimate of drug-likeness (QED) is 0.216. The van der Waals surface area contributed by atoms with Gasteiger partial charge < -0.3 is 4.55 Å². The van der Waals surface area contributed by atoms with Gasteiger partial charge in [0.25, 0.3) is 0 Å². The Kier molecular flexibility index (Phi) is 8.68. The average Bonchev–Trinajstić information content (AvgIpc) is 2.93. The summed E-state index contributed by atoms with van der Waals surface area (Å²) in [5.74, 6) is 0.687. The first-order valence-electron chi connectivity index (χ1n) is 13.1. The molecular formula is C30H33N4O2S-. The molecule has 2 heterocycles. The molecule has 1 fully saturated rings. The fourth-order valence-electron chi connectivity index (χ4n) is 5.27. The summed E-state index contributed by atoms with van der Waals surface area (Å²) < 4.78 is 23.6. The van der Waals surface area contributed by atoms with Crippen LogP contribution in [0.2, 0.25) is 0 Å². The lowest BCUT2D eigenvalue weighted by molar-refractivity contribution is 0.160. The van der Waals surface area contributed by atoms with Crippen molar-refractivity contribution in [1.82, 2.24) is 19.6 Å². The summed E-state index contributed by atoms with van der Waals surface area (Å²) in [5, 5.41) is 0. The molecule has 1 aromatic heterocycles. The molecule has 5 rings (SSSR count). The van der Waals surface area contributed by atoms with Crippen LogP contribution in [0.1, 0.15) is 37.7 Å². The van der Waals surface area contributed by atoms with E-state index in [1.165, 1.54) is 18.4 Å². The van der Waals surface area contributed by atoms with E-state index < -0.39 is 11.3 Å². The Hall–Kier alpha value is -2.97. The van der Waals surface area contributed by atoms with Crippen molar-refractivity contribution in [3.63, 3.8) is 0 Å². The molecule has 37 heavy (non-hydrogen) atoms. The molecule has 0 aliphatic carbocycles. The first kappa shape index (κ1) is 25.7. The number of para-hydroxylation sites is 2. The zero-order valence-corrected chi connectivity index (χ0v) is 21.8. The number of benzene rings is 3. The number of fused-ring (bicyclic) bond motifs is 1. The molecule has 0 spiro atoms. The number of piperidine rings is 1. The second kappa shape index (κ2) is 12.5. The van der Waals surface area contributed by atoms with Crippen LogP contribution in [0.15, 0.2) is 78.9 Å². The van der Waals surface area contributed by atoms with E-state index in [0.29, 0.717) is 12.5 Å². The molecule has 0 bridgehead atoms. The predicted octanol–water partition coefficient (Wildman–Crippen LogP) is 5.73. The van der Waals surface area contributed by atoms with Crippen molar-refractivity contribution < 1.29 is 8.76 Å². The third-order valence-corrected chi connectivity index (χ3v) is 7.55. The Bertz CT molecular complexity index is 1330.